The molecule has 41 heavy (non-hydrogen) atoms. The first-order valence-electron chi connectivity index (χ1n) is 12.0. The number of halogens is 5. The monoisotopic (exact) mass is 585 g/mol. The van der Waals surface area contributed by atoms with Crippen molar-refractivity contribution in [3.05, 3.63) is 53.2 Å². The molecule has 3 rings (SSSR count). The van der Waals surface area contributed by atoms with Crippen molar-refractivity contribution in [3.8, 4) is 5.75 Å². The van der Waals surface area contributed by atoms with Gasteiger partial charge in [-0.3, -0.25) is 24.0 Å². The number of aromatic nitrogens is 1. The van der Waals surface area contributed by atoms with E-state index in [9.17, 15) is 45.9 Å². The van der Waals surface area contributed by atoms with E-state index in [-0.39, 0.29) is 12.5 Å². The van der Waals surface area contributed by atoms with Crippen LogP contribution in [0.1, 0.15) is 46.0 Å². The Morgan fingerprint density at radius 1 is 1.15 bits per heavy atom. The summed E-state index contributed by atoms with van der Waals surface area (Å²) in [5.41, 5.74) is -2.21. The quantitative estimate of drug-likeness (QED) is 0.246. The lowest BCUT2D eigenvalue weighted by molar-refractivity contribution is -0.139. The second-order valence-corrected chi connectivity index (χ2v) is 9.03. The van der Waals surface area contributed by atoms with Gasteiger partial charge < -0.3 is 26.0 Å². The van der Waals surface area contributed by atoms with Crippen molar-refractivity contribution in [1.29, 1.82) is 0 Å². The van der Waals surface area contributed by atoms with Crippen molar-refractivity contribution in [3.63, 3.8) is 0 Å². The number of alkyl halides is 5. The number of carbonyl (C=O) groups excluding carboxylic acids is 5. The molecule has 1 fully saturated rings. The second kappa shape index (κ2) is 12.7. The van der Waals surface area contributed by atoms with Gasteiger partial charge in [0.05, 0.1) is 23.4 Å². The third-order valence-electron chi connectivity index (χ3n) is 6.01. The van der Waals surface area contributed by atoms with Crippen LogP contribution in [0, 0.1) is 5.92 Å². The number of anilines is 1. The normalized spacial score (nSPS) is 17.4. The van der Waals surface area contributed by atoms with Crippen molar-refractivity contribution < 1.29 is 50.7 Å². The van der Waals surface area contributed by atoms with Crippen LogP contribution < -0.4 is 26.0 Å². The largest absolute Gasteiger partial charge is 0.433 e. The van der Waals surface area contributed by atoms with E-state index in [0.29, 0.717) is 12.5 Å². The summed E-state index contributed by atoms with van der Waals surface area (Å²) < 4.78 is 69.1. The smallest absolute Gasteiger partial charge is 0.416 e. The molecular formula is C25H24F5N5O6. The Labute approximate surface area is 229 Å². The van der Waals surface area contributed by atoms with Gasteiger partial charge in [0.2, 0.25) is 11.7 Å². The fraction of sp³-hybridized carbons (Fsp3) is 0.360. The second-order valence-electron chi connectivity index (χ2n) is 9.03. The summed E-state index contributed by atoms with van der Waals surface area (Å²) in [6.07, 6.45) is -4.03. The number of carbonyl (C=O) groups is 5. The van der Waals surface area contributed by atoms with Crippen LogP contribution in [0.25, 0.3) is 0 Å². The van der Waals surface area contributed by atoms with Crippen molar-refractivity contribution in [2.45, 2.75) is 44.6 Å². The van der Waals surface area contributed by atoms with Crippen LogP contribution in [0.15, 0.2) is 36.5 Å². The van der Waals surface area contributed by atoms with Gasteiger partial charge in [-0.1, -0.05) is 6.07 Å². The number of benzene rings is 1. The Bertz CT molecular complexity index is 1350. The maximum absolute atomic E-state index is 13.3. The molecule has 16 heteroatoms. The number of hydrogen-bond donors (Lipinski definition) is 4. The number of amides is 4. The first kappa shape index (κ1) is 30.9. The minimum atomic E-state index is -4.76. The highest BCUT2D eigenvalue weighted by atomic mass is 19.4. The fourth-order valence-electron chi connectivity index (χ4n) is 4.09. The lowest BCUT2D eigenvalue weighted by Crippen LogP contribution is -2.48. The van der Waals surface area contributed by atoms with Crippen molar-refractivity contribution in [2.24, 2.45) is 5.92 Å². The van der Waals surface area contributed by atoms with Crippen molar-refractivity contribution in [2.75, 3.05) is 12.4 Å². The van der Waals surface area contributed by atoms with Crippen LogP contribution in [0.4, 0.5) is 27.8 Å². The van der Waals surface area contributed by atoms with Crippen LogP contribution in [-0.2, 0) is 20.6 Å². The van der Waals surface area contributed by atoms with Crippen LogP contribution in [0.5, 0.6) is 5.75 Å². The maximum atomic E-state index is 13.3. The van der Waals surface area contributed by atoms with Crippen LogP contribution >= 0.6 is 0 Å². The number of hydrogen-bond acceptors (Lipinski definition) is 7. The molecular weight excluding hydrogens is 561 g/mol. The Hall–Kier alpha value is -4.63. The molecule has 1 aliphatic heterocycles. The summed E-state index contributed by atoms with van der Waals surface area (Å²) in [5, 5.41) is 9.16. The third kappa shape index (κ3) is 7.95. The van der Waals surface area contributed by atoms with E-state index in [2.05, 4.69) is 31.0 Å². The zero-order valence-electron chi connectivity index (χ0n) is 21.5. The SMILES string of the molecule is CNC(=O)C(=O)C(C[C@@H]1C[C@@H](C)NC1=O)NC(=O)c1cc(OC(F)F)cnc1NC(=O)c1cccc(C(F)(F)F)c1. The zero-order chi connectivity index (χ0) is 30.5. The zero-order valence-corrected chi connectivity index (χ0v) is 21.5. The van der Waals surface area contributed by atoms with Crippen molar-refractivity contribution in [1.82, 2.24) is 20.9 Å². The van der Waals surface area contributed by atoms with Crippen LogP contribution in [-0.4, -0.2) is 60.1 Å². The highest BCUT2D eigenvalue weighted by Crippen LogP contribution is 2.30. The topological polar surface area (TPSA) is 156 Å². The van der Waals surface area contributed by atoms with E-state index in [1.54, 1.807) is 6.92 Å². The predicted octanol–water partition coefficient (Wildman–Crippen LogP) is 2.28. The Morgan fingerprint density at radius 2 is 1.85 bits per heavy atom. The average Bonchev–Trinajstić information content (AvgIpc) is 3.23. The molecule has 1 aromatic heterocycles. The number of likely N-dealkylation sites (N-methyl/N-ethyl adjacent to an activating group) is 1. The minimum Gasteiger partial charge on any atom is -0.433 e. The van der Waals surface area contributed by atoms with Crippen molar-refractivity contribution >= 4 is 35.2 Å². The molecule has 4 amide bonds. The summed E-state index contributed by atoms with van der Waals surface area (Å²) >= 11 is 0. The molecule has 0 spiro atoms. The molecule has 11 nitrogen and oxygen atoms in total. The van der Waals surface area contributed by atoms with E-state index in [0.717, 1.165) is 30.5 Å². The molecule has 220 valence electrons. The van der Waals surface area contributed by atoms with E-state index in [1.165, 1.54) is 7.05 Å². The number of ketones is 1. The molecule has 1 aromatic carbocycles. The van der Waals surface area contributed by atoms with Gasteiger partial charge >= 0.3 is 12.8 Å². The van der Waals surface area contributed by atoms with E-state index in [1.807, 2.05) is 0 Å². The molecule has 1 saturated heterocycles. The maximum Gasteiger partial charge on any atom is 0.416 e. The molecule has 4 N–H and O–H groups in total. The number of nitrogens with zero attached hydrogens (tertiary/aromatic N) is 1. The predicted molar refractivity (Wildman–Crippen MR) is 131 cm³/mol. The molecule has 0 saturated carbocycles. The lowest BCUT2D eigenvalue weighted by atomic mass is 9.94. The Morgan fingerprint density at radius 3 is 2.44 bits per heavy atom. The molecule has 2 heterocycles. The van der Waals surface area contributed by atoms with Crippen LogP contribution in [0.2, 0.25) is 0 Å². The fourth-order valence-corrected chi connectivity index (χ4v) is 4.09. The number of pyridine rings is 1. The molecule has 3 atom stereocenters. The molecule has 0 bridgehead atoms. The Balaban J connectivity index is 1.94. The standard InChI is InChI=1S/C25H24F5N5O6/c1-11-6-13(21(38)33-11)8-17(18(36)23(40)31-2)34-22(39)16-9-15(41-24(26)27)10-32-19(16)35-20(37)12-4-3-5-14(7-12)25(28,29)30/h3-5,7,9-11,13,17,24H,6,8H2,1-2H3,(H,31,40)(H,33,38)(H,34,39)(H,32,35,37)/t11-,13+,17?/m1/s1. The van der Waals surface area contributed by atoms with Gasteiger partial charge in [-0.15, -0.1) is 0 Å². The average molecular weight is 585 g/mol. The summed E-state index contributed by atoms with van der Waals surface area (Å²) in [7, 11) is 1.17. The van der Waals surface area contributed by atoms with Gasteiger partial charge in [0.25, 0.3) is 17.7 Å². The minimum absolute atomic E-state index is 0.232. The molecule has 1 aliphatic rings. The van der Waals surface area contributed by atoms with E-state index < -0.39 is 82.4 Å². The molecule has 2 aromatic rings. The van der Waals surface area contributed by atoms with Gasteiger partial charge in [-0.05, 0) is 44.0 Å². The molecule has 1 unspecified atom stereocenters. The number of ether oxygens (including phenoxy) is 1. The Kier molecular flexibility index (Phi) is 9.57. The van der Waals surface area contributed by atoms with Crippen LogP contribution in [0.3, 0.4) is 0 Å². The number of Topliss-reactive ketones (excluding diaryl/α,β-unsaturated/α-hetero) is 1. The molecule has 0 radical (unpaired) electrons. The first-order chi connectivity index (χ1) is 19.2. The van der Waals surface area contributed by atoms with E-state index in [4.69, 9.17) is 0 Å². The van der Waals surface area contributed by atoms with Gasteiger partial charge in [0.15, 0.2) is 0 Å². The summed E-state index contributed by atoms with van der Waals surface area (Å²) in [6, 6.07) is 2.29. The summed E-state index contributed by atoms with van der Waals surface area (Å²) in [4.78, 5) is 66.8. The highest BCUT2D eigenvalue weighted by molar-refractivity contribution is 6.38. The first-order valence-corrected chi connectivity index (χ1v) is 12.0. The third-order valence-corrected chi connectivity index (χ3v) is 6.01. The van der Waals surface area contributed by atoms with Gasteiger partial charge in [-0.25, -0.2) is 4.98 Å². The van der Waals surface area contributed by atoms with Gasteiger partial charge in [0, 0.05) is 24.6 Å². The highest BCUT2D eigenvalue weighted by Gasteiger charge is 2.37. The number of nitrogens with one attached hydrogen (secondary N) is 4. The van der Waals surface area contributed by atoms with Gasteiger partial charge in [-0.2, -0.15) is 22.0 Å². The molecule has 0 aliphatic carbocycles. The van der Waals surface area contributed by atoms with E-state index >= 15 is 0 Å². The summed E-state index contributed by atoms with van der Waals surface area (Å²) in [6.45, 7) is -1.62. The van der Waals surface area contributed by atoms with Gasteiger partial charge in [0.1, 0.15) is 11.6 Å². The lowest BCUT2D eigenvalue weighted by Gasteiger charge is -2.20. The number of rotatable bonds is 10. The summed E-state index contributed by atoms with van der Waals surface area (Å²) in [5.74, 6) is -6.89.